The van der Waals surface area contributed by atoms with E-state index < -0.39 is 0 Å². The maximum absolute atomic E-state index is 8.64. The molecule has 3 heteroatoms. The highest BCUT2D eigenvalue weighted by Crippen LogP contribution is 2.32. The summed E-state index contributed by atoms with van der Waals surface area (Å²) in [7, 11) is 0. The van der Waals surface area contributed by atoms with Crippen LogP contribution in [-0.4, -0.2) is 10.7 Å². The minimum atomic E-state index is -0.275. The summed E-state index contributed by atoms with van der Waals surface area (Å²) in [6, 6.07) is 2.10. The van der Waals surface area contributed by atoms with Crippen LogP contribution < -0.4 is 0 Å². The minimum absolute atomic E-state index is 0.275. The summed E-state index contributed by atoms with van der Waals surface area (Å²) in [5, 5.41) is 8.64. The SMILES string of the molecule is N#CC1C=CC(C2CC2)=NC1=S. The Morgan fingerprint density at radius 1 is 1.58 bits per heavy atom. The summed E-state index contributed by atoms with van der Waals surface area (Å²) in [4.78, 5) is 4.76. The van der Waals surface area contributed by atoms with E-state index in [0.717, 1.165) is 5.71 Å². The van der Waals surface area contributed by atoms with Crippen LogP contribution in [0.1, 0.15) is 12.8 Å². The van der Waals surface area contributed by atoms with Gasteiger partial charge in [0.2, 0.25) is 0 Å². The first-order valence-corrected chi connectivity index (χ1v) is 4.42. The Hall–Kier alpha value is -1.01. The molecule has 0 N–H and O–H groups in total. The summed E-state index contributed by atoms with van der Waals surface area (Å²) in [5.74, 6) is 0.348. The maximum Gasteiger partial charge on any atom is 0.124 e. The van der Waals surface area contributed by atoms with E-state index >= 15 is 0 Å². The van der Waals surface area contributed by atoms with Gasteiger partial charge in [-0.1, -0.05) is 18.3 Å². The Kier molecular flexibility index (Phi) is 1.78. The highest BCUT2D eigenvalue weighted by atomic mass is 32.1. The number of nitriles is 1. The second kappa shape index (κ2) is 2.80. The molecule has 1 unspecified atom stereocenters. The number of aliphatic imine (C=N–C) groups is 1. The fraction of sp³-hybridized carbons (Fsp3) is 0.444. The van der Waals surface area contributed by atoms with Gasteiger partial charge in [0.25, 0.3) is 0 Å². The molecule has 12 heavy (non-hydrogen) atoms. The molecule has 0 aromatic heterocycles. The lowest BCUT2D eigenvalue weighted by atomic mass is 10.1. The average molecular weight is 176 g/mol. The maximum atomic E-state index is 8.64. The van der Waals surface area contributed by atoms with E-state index in [1.165, 1.54) is 12.8 Å². The van der Waals surface area contributed by atoms with Crippen LogP contribution in [0.2, 0.25) is 0 Å². The molecule has 0 amide bonds. The first-order chi connectivity index (χ1) is 5.81. The first kappa shape index (κ1) is 7.63. The van der Waals surface area contributed by atoms with Crippen LogP contribution >= 0.6 is 12.2 Å². The Labute approximate surface area is 76.6 Å². The van der Waals surface area contributed by atoms with Crippen molar-refractivity contribution < 1.29 is 0 Å². The van der Waals surface area contributed by atoms with Crippen molar-refractivity contribution in [2.24, 2.45) is 16.8 Å². The molecule has 1 aliphatic carbocycles. The number of dihydropyridines is 1. The van der Waals surface area contributed by atoms with Crippen molar-refractivity contribution in [3.63, 3.8) is 0 Å². The summed E-state index contributed by atoms with van der Waals surface area (Å²) < 4.78 is 0. The van der Waals surface area contributed by atoms with Gasteiger partial charge >= 0.3 is 0 Å². The highest BCUT2D eigenvalue weighted by molar-refractivity contribution is 7.80. The second-order valence-corrected chi connectivity index (χ2v) is 3.53. The molecule has 2 nitrogen and oxygen atoms in total. The monoisotopic (exact) mass is 176 g/mol. The average Bonchev–Trinajstić information content (AvgIpc) is 2.86. The Morgan fingerprint density at radius 3 is 2.83 bits per heavy atom. The molecular weight excluding hydrogens is 168 g/mol. The molecule has 60 valence electrons. The van der Waals surface area contributed by atoms with Gasteiger partial charge in [-0.2, -0.15) is 5.26 Å². The Balaban J connectivity index is 2.18. The lowest BCUT2D eigenvalue weighted by Gasteiger charge is -2.08. The van der Waals surface area contributed by atoms with Crippen LogP contribution in [-0.2, 0) is 0 Å². The van der Waals surface area contributed by atoms with Gasteiger partial charge in [0.05, 0.1) is 6.07 Å². The molecule has 0 saturated heterocycles. The second-order valence-electron chi connectivity index (χ2n) is 3.12. The van der Waals surface area contributed by atoms with Crippen LogP contribution in [0.3, 0.4) is 0 Å². The first-order valence-electron chi connectivity index (χ1n) is 4.01. The van der Waals surface area contributed by atoms with Gasteiger partial charge < -0.3 is 0 Å². The van der Waals surface area contributed by atoms with Crippen molar-refractivity contribution in [3.8, 4) is 6.07 Å². The van der Waals surface area contributed by atoms with Gasteiger partial charge in [0.1, 0.15) is 10.9 Å². The van der Waals surface area contributed by atoms with Crippen LogP contribution in [0.25, 0.3) is 0 Å². The molecule has 2 rings (SSSR count). The zero-order valence-electron chi connectivity index (χ0n) is 6.53. The minimum Gasteiger partial charge on any atom is -0.244 e. The van der Waals surface area contributed by atoms with Gasteiger partial charge in [0, 0.05) is 11.6 Å². The van der Waals surface area contributed by atoms with E-state index in [1.54, 1.807) is 0 Å². The summed E-state index contributed by atoms with van der Waals surface area (Å²) in [5.41, 5.74) is 1.08. The van der Waals surface area contributed by atoms with E-state index in [4.69, 9.17) is 17.5 Å². The van der Waals surface area contributed by atoms with Crippen molar-refractivity contribution >= 4 is 22.9 Å². The predicted molar refractivity (Wildman–Crippen MR) is 51.0 cm³/mol. The molecule has 0 spiro atoms. The zero-order chi connectivity index (χ0) is 8.55. The number of nitrogens with zero attached hydrogens (tertiary/aromatic N) is 2. The highest BCUT2D eigenvalue weighted by Gasteiger charge is 2.28. The largest absolute Gasteiger partial charge is 0.244 e. The molecule has 0 radical (unpaired) electrons. The third kappa shape index (κ3) is 1.30. The standard InChI is InChI=1S/C9H8N2S/c10-5-7-3-4-8(6-1-2-6)11-9(7)12/h3-4,6-7H,1-2H2. The van der Waals surface area contributed by atoms with Crippen molar-refractivity contribution in [1.82, 2.24) is 0 Å². The molecule has 0 aromatic rings. The Bertz CT molecular complexity index is 318. The van der Waals surface area contributed by atoms with Gasteiger partial charge in [-0.05, 0) is 18.9 Å². The molecule has 1 saturated carbocycles. The molecule has 2 aliphatic rings. The lowest BCUT2D eigenvalue weighted by Crippen LogP contribution is -2.14. The number of rotatable bonds is 1. The third-order valence-corrected chi connectivity index (χ3v) is 2.44. The molecule has 1 aliphatic heterocycles. The van der Waals surface area contributed by atoms with E-state index in [9.17, 15) is 0 Å². The molecular formula is C9H8N2S. The van der Waals surface area contributed by atoms with E-state index in [-0.39, 0.29) is 5.92 Å². The van der Waals surface area contributed by atoms with E-state index in [0.29, 0.717) is 10.9 Å². The molecule has 0 bridgehead atoms. The number of hydrogen-bond donors (Lipinski definition) is 0. The summed E-state index contributed by atoms with van der Waals surface area (Å²) in [6.45, 7) is 0. The predicted octanol–water partition coefficient (Wildman–Crippen LogP) is 1.87. The molecule has 0 aromatic carbocycles. The molecule has 1 atom stereocenters. The zero-order valence-corrected chi connectivity index (χ0v) is 7.34. The summed E-state index contributed by atoms with van der Waals surface area (Å²) >= 11 is 4.99. The van der Waals surface area contributed by atoms with Gasteiger partial charge in [0.15, 0.2) is 0 Å². The quantitative estimate of drug-likeness (QED) is 0.572. The van der Waals surface area contributed by atoms with Gasteiger partial charge in [-0.3, -0.25) is 0 Å². The van der Waals surface area contributed by atoms with Crippen LogP contribution in [0.5, 0.6) is 0 Å². The topological polar surface area (TPSA) is 36.1 Å². The van der Waals surface area contributed by atoms with Crippen molar-refractivity contribution in [2.45, 2.75) is 12.8 Å². The van der Waals surface area contributed by atoms with Crippen LogP contribution in [0.15, 0.2) is 17.1 Å². The van der Waals surface area contributed by atoms with Crippen LogP contribution in [0.4, 0.5) is 0 Å². The fourth-order valence-corrected chi connectivity index (χ4v) is 1.45. The third-order valence-electron chi connectivity index (χ3n) is 2.10. The smallest absolute Gasteiger partial charge is 0.124 e. The van der Waals surface area contributed by atoms with E-state index in [2.05, 4.69) is 11.1 Å². The van der Waals surface area contributed by atoms with Gasteiger partial charge in [-0.25, -0.2) is 4.99 Å². The van der Waals surface area contributed by atoms with Crippen molar-refractivity contribution in [1.29, 1.82) is 5.26 Å². The number of thiocarbonyl (C=S) groups is 1. The molecule has 1 heterocycles. The summed E-state index contributed by atoms with van der Waals surface area (Å²) in [6.07, 6.45) is 6.25. The van der Waals surface area contributed by atoms with Crippen molar-refractivity contribution in [2.75, 3.05) is 0 Å². The van der Waals surface area contributed by atoms with E-state index in [1.807, 2.05) is 12.2 Å². The number of allylic oxidation sites excluding steroid dienone is 1. The Morgan fingerprint density at radius 2 is 2.33 bits per heavy atom. The normalized spacial score (nSPS) is 28.1. The van der Waals surface area contributed by atoms with Gasteiger partial charge in [-0.15, -0.1) is 0 Å². The fourth-order valence-electron chi connectivity index (χ4n) is 1.22. The van der Waals surface area contributed by atoms with Crippen molar-refractivity contribution in [3.05, 3.63) is 12.2 Å². The molecule has 1 fully saturated rings. The lowest BCUT2D eigenvalue weighted by molar-refractivity contribution is 1.11. The van der Waals surface area contributed by atoms with Crippen LogP contribution in [0, 0.1) is 23.2 Å². The number of hydrogen-bond acceptors (Lipinski definition) is 2.